The van der Waals surface area contributed by atoms with Gasteiger partial charge in [0.2, 0.25) is 0 Å². The van der Waals surface area contributed by atoms with Crippen LogP contribution in [0.3, 0.4) is 0 Å². The Kier molecular flexibility index (Phi) is 5.96. The number of para-hydroxylation sites is 2. The van der Waals surface area contributed by atoms with Gasteiger partial charge in [0.15, 0.2) is 0 Å². The number of amides is 2. The molecule has 0 bridgehead atoms. The van der Waals surface area contributed by atoms with Crippen LogP contribution >= 0.6 is 11.6 Å². The summed E-state index contributed by atoms with van der Waals surface area (Å²) < 4.78 is 10.8. The molecule has 0 spiro atoms. The van der Waals surface area contributed by atoms with Crippen LogP contribution in [0.25, 0.3) is 0 Å². The molecule has 1 saturated heterocycles. The van der Waals surface area contributed by atoms with Gasteiger partial charge in [-0.05, 0) is 30.7 Å². The average Bonchev–Trinajstić information content (AvgIpc) is 2.70. The van der Waals surface area contributed by atoms with Crippen LogP contribution in [0, 0.1) is 6.92 Å². The first kappa shape index (κ1) is 19.2. The third-order valence-corrected chi connectivity index (χ3v) is 5.12. The zero-order valence-electron chi connectivity index (χ0n) is 15.8. The van der Waals surface area contributed by atoms with E-state index in [0.717, 1.165) is 30.1 Å². The first-order valence-corrected chi connectivity index (χ1v) is 9.19. The number of rotatable bonds is 4. The van der Waals surface area contributed by atoms with Crippen LogP contribution in [0.1, 0.15) is 5.56 Å². The van der Waals surface area contributed by atoms with Crippen molar-refractivity contribution in [3.8, 4) is 11.5 Å². The number of hydrogen-bond acceptors (Lipinski definition) is 4. The second kappa shape index (κ2) is 8.39. The third-order valence-electron chi connectivity index (χ3n) is 4.72. The van der Waals surface area contributed by atoms with E-state index in [9.17, 15) is 4.79 Å². The molecule has 7 heteroatoms. The van der Waals surface area contributed by atoms with Gasteiger partial charge in [-0.1, -0.05) is 23.7 Å². The van der Waals surface area contributed by atoms with Crippen molar-refractivity contribution in [3.05, 3.63) is 47.0 Å². The van der Waals surface area contributed by atoms with Gasteiger partial charge in [-0.2, -0.15) is 0 Å². The van der Waals surface area contributed by atoms with Crippen molar-refractivity contribution in [2.24, 2.45) is 0 Å². The Morgan fingerprint density at radius 1 is 1.04 bits per heavy atom. The molecule has 27 heavy (non-hydrogen) atoms. The number of aryl methyl sites for hydroxylation is 1. The maximum Gasteiger partial charge on any atom is 0.322 e. The Morgan fingerprint density at radius 2 is 1.70 bits per heavy atom. The van der Waals surface area contributed by atoms with Crippen molar-refractivity contribution >= 4 is 29.0 Å². The molecule has 1 aliphatic rings. The zero-order valence-corrected chi connectivity index (χ0v) is 16.5. The highest BCUT2D eigenvalue weighted by Gasteiger charge is 2.24. The van der Waals surface area contributed by atoms with Crippen LogP contribution < -0.4 is 19.7 Å². The molecule has 1 heterocycles. The van der Waals surface area contributed by atoms with Gasteiger partial charge in [0, 0.05) is 37.3 Å². The van der Waals surface area contributed by atoms with Gasteiger partial charge < -0.3 is 24.6 Å². The van der Waals surface area contributed by atoms with E-state index in [-0.39, 0.29) is 6.03 Å². The minimum atomic E-state index is -0.126. The van der Waals surface area contributed by atoms with Gasteiger partial charge in [0.25, 0.3) is 0 Å². The smallest absolute Gasteiger partial charge is 0.322 e. The lowest BCUT2D eigenvalue weighted by Gasteiger charge is -2.36. The maximum absolute atomic E-state index is 12.6. The second-order valence-electron chi connectivity index (χ2n) is 6.38. The highest BCUT2D eigenvalue weighted by molar-refractivity contribution is 6.31. The van der Waals surface area contributed by atoms with Gasteiger partial charge in [0.1, 0.15) is 11.5 Å². The number of urea groups is 1. The van der Waals surface area contributed by atoms with E-state index in [4.69, 9.17) is 21.1 Å². The fourth-order valence-electron chi connectivity index (χ4n) is 3.15. The lowest BCUT2D eigenvalue weighted by atomic mass is 10.1. The summed E-state index contributed by atoms with van der Waals surface area (Å²) in [6.45, 7) is 4.65. The first-order chi connectivity index (χ1) is 13.0. The molecule has 1 aliphatic heterocycles. The van der Waals surface area contributed by atoms with E-state index in [1.54, 1.807) is 19.1 Å². The zero-order chi connectivity index (χ0) is 19.4. The monoisotopic (exact) mass is 389 g/mol. The fourth-order valence-corrected chi connectivity index (χ4v) is 3.30. The Morgan fingerprint density at radius 3 is 2.37 bits per heavy atom. The summed E-state index contributed by atoms with van der Waals surface area (Å²) in [5.41, 5.74) is 2.68. The summed E-state index contributed by atoms with van der Waals surface area (Å²) in [4.78, 5) is 16.6. The number of carbonyl (C=O) groups is 1. The van der Waals surface area contributed by atoms with Crippen LogP contribution in [-0.2, 0) is 0 Å². The van der Waals surface area contributed by atoms with Crippen LogP contribution in [0.4, 0.5) is 16.2 Å². The fraction of sp³-hybridized carbons (Fsp3) is 0.350. The van der Waals surface area contributed by atoms with Gasteiger partial charge in [-0.3, -0.25) is 0 Å². The Bertz CT molecular complexity index is 820. The summed E-state index contributed by atoms with van der Waals surface area (Å²) in [6, 6.07) is 11.1. The lowest BCUT2D eigenvalue weighted by molar-refractivity contribution is 0.208. The van der Waals surface area contributed by atoms with Gasteiger partial charge in [-0.15, -0.1) is 0 Å². The van der Waals surface area contributed by atoms with E-state index in [1.165, 1.54) is 0 Å². The van der Waals surface area contributed by atoms with Crippen LogP contribution in [0.2, 0.25) is 5.02 Å². The first-order valence-electron chi connectivity index (χ1n) is 8.81. The highest BCUT2D eigenvalue weighted by Crippen LogP contribution is 2.34. The number of hydrogen-bond donors (Lipinski definition) is 1. The minimum absolute atomic E-state index is 0.126. The van der Waals surface area contributed by atoms with E-state index in [1.807, 2.05) is 43.3 Å². The van der Waals surface area contributed by atoms with E-state index in [0.29, 0.717) is 29.5 Å². The SMILES string of the molecule is COc1ccccc1NC(=O)N1CCN(c2cc(C)c(Cl)cc2OC)CC1. The number of halogens is 1. The van der Waals surface area contributed by atoms with Gasteiger partial charge in [0.05, 0.1) is 25.6 Å². The Balaban J connectivity index is 1.65. The second-order valence-corrected chi connectivity index (χ2v) is 6.78. The molecule has 0 aromatic heterocycles. The average molecular weight is 390 g/mol. The molecule has 0 unspecified atom stereocenters. The molecular formula is C20H24ClN3O3. The molecule has 6 nitrogen and oxygen atoms in total. The molecule has 0 saturated carbocycles. The number of piperazine rings is 1. The number of nitrogens with zero attached hydrogens (tertiary/aromatic N) is 2. The minimum Gasteiger partial charge on any atom is -0.495 e. The van der Waals surface area contributed by atoms with Gasteiger partial charge in [-0.25, -0.2) is 4.79 Å². The van der Waals surface area contributed by atoms with Crippen LogP contribution in [-0.4, -0.2) is 51.3 Å². The number of benzene rings is 2. The molecule has 2 aromatic carbocycles. The maximum atomic E-state index is 12.6. The molecule has 2 aromatic rings. The predicted octanol–water partition coefficient (Wildman–Crippen LogP) is 4.02. The van der Waals surface area contributed by atoms with Crippen LogP contribution in [0.5, 0.6) is 11.5 Å². The molecule has 144 valence electrons. The Labute approximate surface area is 164 Å². The van der Waals surface area contributed by atoms with E-state index >= 15 is 0 Å². The lowest BCUT2D eigenvalue weighted by Crippen LogP contribution is -2.50. The standard InChI is InChI=1S/C20H24ClN3O3/c1-14-12-17(19(27-3)13-15(14)21)23-8-10-24(11-9-23)20(25)22-16-6-4-5-7-18(16)26-2/h4-7,12-13H,8-11H2,1-3H3,(H,22,25). The van der Waals surface area contributed by atoms with Crippen molar-refractivity contribution in [2.45, 2.75) is 6.92 Å². The van der Waals surface area contributed by atoms with Crippen molar-refractivity contribution in [1.29, 1.82) is 0 Å². The highest BCUT2D eigenvalue weighted by atomic mass is 35.5. The van der Waals surface area contributed by atoms with Crippen molar-refractivity contribution in [2.75, 3.05) is 50.6 Å². The number of anilines is 2. The van der Waals surface area contributed by atoms with Crippen molar-refractivity contribution < 1.29 is 14.3 Å². The van der Waals surface area contributed by atoms with Crippen molar-refractivity contribution in [1.82, 2.24) is 4.90 Å². The molecule has 3 rings (SSSR count). The van der Waals surface area contributed by atoms with Gasteiger partial charge >= 0.3 is 6.03 Å². The molecular weight excluding hydrogens is 366 g/mol. The molecule has 2 amide bonds. The normalized spacial score (nSPS) is 14.1. The number of nitrogens with one attached hydrogen (secondary N) is 1. The topological polar surface area (TPSA) is 54.0 Å². The van der Waals surface area contributed by atoms with E-state index < -0.39 is 0 Å². The van der Waals surface area contributed by atoms with Crippen LogP contribution in [0.15, 0.2) is 36.4 Å². The molecule has 0 atom stereocenters. The Hall–Kier alpha value is -2.60. The molecule has 0 aliphatic carbocycles. The number of methoxy groups -OCH3 is 2. The number of ether oxygens (including phenoxy) is 2. The molecule has 0 radical (unpaired) electrons. The molecule has 1 N–H and O–H groups in total. The van der Waals surface area contributed by atoms with E-state index in [2.05, 4.69) is 10.2 Å². The van der Waals surface area contributed by atoms with Crippen molar-refractivity contribution in [3.63, 3.8) is 0 Å². The number of carbonyl (C=O) groups excluding carboxylic acids is 1. The summed E-state index contributed by atoms with van der Waals surface area (Å²) >= 11 is 6.20. The summed E-state index contributed by atoms with van der Waals surface area (Å²) in [7, 11) is 3.23. The predicted molar refractivity (Wildman–Crippen MR) is 109 cm³/mol. The quantitative estimate of drug-likeness (QED) is 0.858. The molecule has 1 fully saturated rings. The largest absolute Gasteiger partial charge is 0.495 e. The third kappa shape index (κ3) is 4.22. The summed E-state index contributed by atoms with van der Waals surface area (Å²) in [5.74, 6) is 1.39. The summed E-state index contributed by atoms with van der Waals surface area (Å²) in [5, 5.41) is 3.61. The summed E-state index contributed by atoms with van der Waals surface area (Å²) in [6.07, 6.45) is 0.